The SMILES string of the molecule is COc1cc(C(=S)N2CCCCCCC2)cc(OC)c1OC. The van der Waals surface area contributed by atoms with Crippen molar-refractivity contribution in [2.75, 3.05) is 34.4 Å². The van der Waals surface area contributed by atoms with Gasteiger partial charge in [0, 0.05) is 18.7 Å². The molecule has 0 radical (unpaired) electrons. The minimum Gasteiger partial charge on any atom is -0.493 e. The highest BCUT2D eigenvalue weighted by atomic mass is 32.1. The molecule has 0 N–H and O–H groups in total. The highest BCUT2D eigenvalue weighted by Crippen LogP contribution is 2.38. The van der Waals surface area contributed by atoms with Crippen LogP contribution in [0.1, 0.15) is 37.7 Å². The summed E-state index contributed by atoms with van der Waals surface area (Å²) in [5.41, 5.74) is 0.949. The van der Waals surface area contributed by atoms with E-state index in [1.165, 1.54) is 32.1 Å². The molecule has 0 saturated carbocycles. The fourth-order valence-electron chi connectivity index (χ4n) is 2.84. The fraction of sp³-hybridized carbons (Fsp3) is 0.588. The van der Waals surface area contributed by atoms with Gasteiger partial charge in [-0.15, -0.1) is 0 Å². The van der Waals surface area contributed by atoms with Gasteiger partial charge in [-0.3, -0.25) is 0 Å². The van der Waals surface area contributed by atoms with Crippen LogP contribution < -0.4 is 14.2 Å². The maximum atomic E-state index is 5.71. The molecule has 0 aromatic heterocycles. The zero-order valence-electron chi connectivity index (χ0n) is 13.7. The Morgan fingerprint density at radius 2 is 1.36 bits per heavy atom. The maximum Gasteiger partial charge on any atom is 0.203 e. The number of benzene rings is 1. The standard InChI is InChI=1S/C17H25NO3S/c1-19-14-11-13(12-15(20-2)16(14)21-3)17(22)18-9-7-5-4-6-8-10-18/h11-12H,4-10H2,1-3H3. The van der Waals surface area contributed by atoms with Crippen LogP contribution in [0.5, 0.6) is 17.2 Å². The van der Waals surface area contributed by atoms with Gasteiger partial charge in [0.1, 0.15) is 4.99 Å². The van der Waals surface area contributed by atoms with Crippen LogP contribution >= 0.6 is 12.2 Å². The van der Waals surface area contributed by atoms with Gasteiger partial charge in [0.25, 0.3) is 0 Å². The Kier molecular flexibility index (Phi) is 6.31. The molecule has 1 aromatic rings. The molecule has 2 rings (SSSR count). The van der Waals surface area contributed by atoms with Gasteiger partial charge in [0.2, 0.25) is 5.75 Å². The van der Waals surface area contributed by atoms with Crippen molar-refractivity contribution in [2.24, 2.45) is 0 Å². The van der Waals surface area contributed by atoms with Crippen molar-refractivity contribution in [3.63, 3.8) is 0 Å². The van der Waals surface area contributed by atoms with Gasteiger partial charge < -0.3 is 19.1 Å². The summed E-state index contributed by atoms with van der Waals surface area (Å²) in [5.74, 6) is 1.89. The summed E-state index contributed by atoms with van der Waals surface area (Å²) >= 11 is 5.71. The largest absolute Gasteiger partial charge is 0.493 e. The second kappa shape index (κ2) is 8.22. The Morgan fingerprint density at radius 1 is 0.864 bits per heavy atom. The molecular weight excluding hydrogens is 298 g/mol. The predicted molar refractivity (Wildman–Crippen MR) is 92.5 cm³/mol. The maximum absolute atomic E-state index is 5.71. The first-order valence-electron chi connectivity index (χ1n) is 7.80. The minimum atomic E-state index is 0.601. The quantitative estimate of drug-likeness (QED) is 0.789. The van der Waals surface area contributed by atoms with E-state index < -0.39 is 0 Å². The normalized spacial score (nSPS) is 15.7. The van der Waals surface area contributed by atoms with Crippen LogP contribution in [0, 0.1) is 0 Å². The van der Waals surface area contributed by atoms with Crippen molar-refractivity contribution < 1.29 is 14.2 Å². The molecule has 0 aliphatic carbocycles. The number of rotatable bonds is 4. The average molecular weight is 323 g/mol. The molecule has 1 saturated heterocycles. The number of hydrogen-bond donors (Lipinski definition) is 0. The summed E-state index contributed by atoms with van der Waals surface area (Å²) in [5, 5.41) is 0. The molecule has 22 heavy (non-hydrogen) atoms. The highest BCUT2D eigenvalue weighted by molar-refractivity contribution is 7.80. The van der Waals surface area contributed by atoms with E-state index in [0.29, 0.717) is 17.2 Å². The Bertz CT molecular complexity index is 486. The van der Waals surface area contributed by atoms with E-state index in [1.807, 2.05) is 12.1 Å². The van der Waals surface area contributed by atoms with Crippen LogP contribution in [0.25, 0.3) is 0 Å². The van der Waals surface area contributed by atoms with Gasteiger partial charge in [0.15, 0.2) is 11.5 Å². The first kappa shape index (κ1) is 16.9. The molecule has 0 unspecified atom stereocenters. The van der Waals surface area contributed by atoms with Crippen molar-refractivity contribution in [1.82, 2.24) is 4.90 Å². The van der Waals surface area contributed by atoms with Gasteiger partial charge in [-0.05, 0) is 25.0 Å². The molecule has 1 fully saturated rings. The summed E-state index contributed by atoms with van der Waals surface area (Å²) in [4.78, 5) is 3.16. The molecule has 0 atom stereocenters. The molecule has 1 aliphatic rings. The van der Waals surface area contributed by atoms with E-state index >= 15 is 0 Å². The van der Waals surface area contributed by atoms with E-state index in [1.54, 1.807) is 21.3 Å². The lowest BCUT2D eigenvalue weighted by molar-refractivity contribution is 0.324. The van der Waals surface area contributed by atoms with Crippen LogP contribution in [0.2, 0.25) is 0 Å². The van der Waals surface area contributed by atoms with E-state index in [-0.39, 0.29) is 0 Å². The molecule has 0 spiro atoms. The molecule has 0 amide bonds. The lowest BCUT2D eigenvalue weighted by atomic mass is 10.1. The van der Waals surface area contributed by atoms with Crippen molar-refractivity contribution in [2.45, 2.75) is 32.1 Å². The molecule has 122 valence electrons. The van der Waals surface area contributed by atoms with Crippen molar-refractivity contribution >= 4 is 17.2 Å². The molecule has 5 heteroatoms. The molecular formula is C17H25NO3S. The van der Waals surface area contributed by atoms with E-state index in [0.717, 1.165) is 23.6 Å². The molecule has 1 aromatic carbocycles. The molecule has 0 bridgehead atoms. The number of ether oxygens (including phenoxy) is 3. The monoisotopic (exact) mass is 323 g/mol. The number of methoxy groups -OCH3 is 3. The van der Waals surface area contributed by atoms with Crippen LogP contribution in [0.4, 0.5) is 0 Å². The van der Waals surface area contributed by atoms with Crippen molar-refractivity contribution in [3.05, 3.63) is 17.7 Å². The first-order valence-corrected chi connectivity index (χ1v) is 8.21. The minimum absolute atomic E-state index is 0.601. The smallest absolute Gasteiger partial charge is 0.203 e. The summed E-state index contributed by atoms with van der Waals surface area (Å²) < 4.78 is 16.2. The topological polar surface area (TPSA) is 30.9 Å². The Labute approximate surface area is 138 Å². The fourth-order valence-corrected chi connectivity index (χ4v) is 3.14. The molecule has 1 aliphatic heterocycles. The molecule has 4 nitrogen and oxygen atoms in total. The Balaban J connectivity index is 2.28. The van der Waals surface area contributed by atoms with E-state index in [9.17, 15) is 0 Å². The van der Waals surface area contributed by atoms with Crippen molar-refractivity contribution in [3.8, 4) is 17.2 Å². The number of likely N-dealkylation sites (tertiary alicyclic amines) is 1. The highest BCUT2D eigenvalue weighted by Gasteiger charge is 2.19. The van der Waals surface area contributed by atoms with E-state index in [4.69, 9.17) is 26.4 Å². The lowest BCUT2D eigenvalue weighted by Crippen LogP contribution is -2.33. The zero-order valence-corrected chi connectivity index (χ0v) is 14.5. The summed E-state index contributed by atoms with van der Waals surface area (Å²) in [6.07, 6.45) is 6.31. The lowest BCUT2D eigenvalue weighted by Gasteiger charge is -2.28. The average Bonchev–Trinajstić information content (AvgIpc) is 2.52. The number of thiocarbonyl (C=S) groups is 1. The van der Waals surface area contributed by atoms with Crippen LogP contribution in [0.3, 0.4) is 0 Å². The second-order valence-corrected chi connectivity index (χ2v) is 5.86. The first-order chi connectivity index (χ1) is 10.7. The van der Waals surface area contributed by atoms with Gasteiger partial charge >= 0.3 is 0 Å². The number of hydrogen-bond acceptors (Lipinski definition) is 4. The predicted octanol–water partition coefficient (Wildman–Crippen LogP) is 3.65. The van der Waals surface area contributed by atoms with E-state index in [2.05, 4.69) is 4.90 Å². The van der Waals surface area contributed by atoms with Gasteiger partial charge in [0.05, 0.1) is 21.3 Å². The Morgan fingerprint density at radius 3 is 1.82 bits per heavy atom. The number of nitrogens with zero attached hydrogens (tertiary/aromatic N) is 1. The second-order valence-electron chi connectivity index (χ2n) is 5.47. The van der Waals surface area contributed by atoms with Crippen molar-refractivity contribution in [1.29, 1.82) is 0 Å². The van der Waals surface area contributed by atoms with Crippen LogP contribution in [-0.2, 0) is 0 Å². The summed E-state index contributed by atoms with van der Waals surface area (Å²) in [6, 6.07) is 3.87. The summed E-state index contributed by atoms with van der Waals surface area (Å²) in [6.45, 7) is 2.05. The van der Waals surface area contributed by atoms with Crippen LogP contribution in [-0.4, -0.2) is 44.3 Å². The third kappa shape index (κ3) is 3.83. The van der Waals surface area contributed by atoms with Gasteiger partial charge in [-0.25, -0.2) is 0 Å². The van der Waals surface area contributed by atoms with Gasteiger partial charge in [-0.1, -0.05) is 31.5 Å². The van der Waals surface area contributed by atoms with Crippen LogP contribution in [0.15, 0.2) is 12.1 Å². The molecule has 1 heterocycles. The zero-order chi connectivity index (χ0) is 15.9. The third-order valence-corrected chi connectivity index (χ3v) is 4.55. The summed E-state index contributed by atoms with van der Waals surface area (Å²) in [7, 11) is 4.86. The third-order valence-electron chi connectivity index (χ3n) is 4.05. The van der Waals surface area contributed by atoms with Gasteiger partial charge in [-0.2, -0.15) is 0 Å². The Hall–Kier alpha value is -1.49.